The summed E-state index contributed by atoms with van der Waals surface area (Å²) >= 11 is 1.31. The van der Waals surface area contributed by atoms with Crippen LogP contribution in [0.4, 0.5) is 5.69 Å². The van der Waals surface area contributed by atoms with Crippen molar-refractivity contribution in [2.24, 2.45) is 4.99 Å². The Morgan fingerprint density at radius 3 is 2.50 bits per heavy atom. The summed E-state index contributed by atoms with van der Waals surface area (Å²) in [5.41, 5.74) is 1.39. The first-order chi connectivity index (χ1) is 9.74. The van der Waals surface area contributed by atoms with Crippen LogP contribution in [0.3, 0.4) is 0 Å². The minimum absolute atomic E-state index is 0.126. The molecule has 1 saturated heterocycles. The second kappa shape index (κ2) is 5.38. The van der Waals surface area contributed by atoms with Crippen LogP contribution in [0, 0.1) is 0 Å². The number of hydrogen-bond acceptors (Lipinski definition) is 4. The Kier molecular flexibility index (Phi) is 3.43. The molecule has 2 N–H and O–H groups in total. The molecule has 1 atom stereocenters. The molecule has 1 heterocycles. The van der Waals surface area contributed by atoms with Crippen molar-refractivity contribution in [3.8, 4) is 5.75 Å². The number of hydrogen-bond donors (Lipinski definition) is 2. The SMILES string of the molecule is O=C1NC(=Nc2ccccc2)SC1c1ccccc1O. The molecule has 0 aliphatic carbocycles. The molecule has 1 aliphatic heterocycles. The number of aromatic hydroxyl groups is 1. The quantitative estimate of drug-likeness (QED) is 0.891. The van der Waals surface area contributed by atoms with Gasteiger partial charge in [0.25, 0.3) is 0 Å². The molecule has 0 aromatic heterocycles. The maximum atomic E-state index is 12.0. The summed E-state index contributed by atoms with van der Waals surface area (Å²) in [6.07, 6.45) is 0. The van der Waals surface area contributed by atoms with Crippen molar-refractivity contribution in [1.29, 1.82) is 0 Å². The van der Waals surface area contributed by atoms with E-state index in [1.807, 2.05) is 30.3 Å². The van der Waals surface area contributed by atoms with Gasteiger partial charge in [-0.25, -0.2) is 4.99 Å². The van der Waals surface area contributed by atoms with Crippen LogP contribution >= 0.6 is 11.8 Å². The summed E-state index contributed by atoms with van der Waals surface area (Å²) in [6.45, 7) is 0. The molecular formula is C15H12N2O2S. The second-order valence-electron chi connectivity index (χ2n) is 4.30. The summed E-state index contributed by atoms with van der Waals surface area (Å²) in [5, 5.41) is 12.7. The van der Waals surface area contributed by atoms with E-state index in [0.29, 0.717) is 10.7 Å². The zero-order valence-corrected chi connectivity index (χ0v) is 11.3. The third-order valence-corrected chi connectivity index (χ3v) is 4.02. The number of aliphatic imine (C=N–C) groups is 1. The predicted octanol–water partition coefficient (Wildman–Crippen LogP) is 2.98. The molecule has 0 saturated carbocycles. The number of nitrogens with one attached hydrogen (secondary N) is 1. The zero-order chi connectivity index (χ0) is 13.9. The lowest BCUT2D eigenvalue weighted by molar-refractivity contribution is -0.118. The second-order valence-corrected chi connectivity index (χ2v) is 5.39. The van der Waals surface area contributed by atoms with Crippen molar-refractivity contribution in [2.45, 2.75) is 5.25 Å². The van der Waals surface area contributed by atoms with E-state index in [-0.39, 0.29) is 11.7 Å². The van der Waals surface area contributed by atoms with Crippen LogP contribution in [0.1, 0.15) is 10.8 Å². The highest BCUT2D eigenvalue weighted by molar-refractivity contribution is 8.15. The van der Waals surface area contributed by atoms with E-state index >= 15 is 0 Å². The van der Waals surface area contributed by atoms with E-state index in [2.05, 4.69) is 10.3 Å². The van der Waals surface area contributed by atoms with Crippen LogP contribution in [0.25, 0.3) is 0 Å². The van der Waals surface area contributed by atoms with Gasteiger partial charge in [-0.1, -0.05) is 48.2 Å². The molecule has 1 fully saturated rings. The summed E-state index contributed by atoms with van der Waals surface area (Å²) in [6, 6.07) is 16.3. The van der Waals surface area contributed by atoms with E-state index in [1.165, 1.54) is 11.8 Å². The van der Waals surface area contributed by atoms with Crippen LogP contribution in [0.2, 0.25) is 0 Å². The minimum atomic E-state index is -0.460. The van der Waals surface area contributed by atoms with Crippen molar-refractivity contribution in [3.05, 3.63) is 60.2 Å². The third kappa shape index (κ3) is 2.53. The van der Waals surface area contributed by atoms with Crippen LogP contribution in [0.15, 0.2) is 59.6 Å². The number of amides is 1. The van der Waals surface area contributed by atoms with Crippen LogP contribution in [-0.4, -0.2) is 16.2 Å². The number of phenolic OH excluding ortho intramolecular Hbond substituents is 1. The third-order valence-electron chi connectivity index (χ3n) is 2.90. The number of rotatable bonds is 2. The number of nitrogens with zero attached hydrogens (tertiary/aromatic N) is 1. The number of para-hydroxylation sites is 2. The lowest BCUT2D eigenvalue weighted by Gasteiger charge is -2.07. The molecule has 5 heteroatoms. The monoisotopic (exact) mass is 284 g/mol. The lowest BCUT2D eigenvalue weighted by atomic mass is 10.1. The number of carbonyl (C=O) groups excluding carboxylic acids is 1. The molecule has 1 aliphatic rings. The fourth-order valence-corrected chi connectivity index (χ4v) is 2.99. The maximum absolute atomic E-state index is 12.0. The summed E-state index contributed by atoms with van der Waals surface area (Å²) < 4.78 is 0. The zero-order valence-electron chi connectivity index (χ0n) is 10.5. The first-order valence-corrected chi connectivity index (χ1v) is 7.01. The highest BCUT2D eigenvalue weighted by Gasteiger charge is 2.33. The van der Waals surface area contributed by atoms with Gasteiger partial charge in [0.05, 0.1) is 5.69 Å². The summed E-state index contributed by atoms with van der Waals surface area (Å²) in [5.74, 6) is -0.0349. The molecule has 0 spiro atoms. The maximum Gasteiger partial charge on any atom is 0.244 e. The number of benzene rings is 2. The van der Waals surface area contributed by atoms with Crippen LogP contribution in [0.5, 0.6) is 5.75 Å². The fourth-order valence-electron chi connectivity index (χ4n) is 1.95. The fraction of sp³-hybridized carbons (Fsp3) is 0.0667. The van der Waals surface area contributed by atoms with Gasteiger partial charge in [-0.3, -0.25) is 4.79 Å². The summed E-state index contributed by atoms with van der Waals surface area (Å²) in [4.78, 5) is 16.4. The Balaban J connectivity index is 1.86. The standard InChI is InChI=1S/C15H12N2O2S/c18-12-9-5-4-8-11(12)13-14(19)17-15(20-13)16-10-6-2-1-3-7-10/h1-9,13,18H,(H,16,17,19). The smallest absolute Gasteiger partial charge is 0.244 e. The average Bonchev–Trinajstić information content (AvgIpc) is 2.81. The highest BCUT2D eigenvalue weighted by Crippen LogP contribution is 2.39. The van der Waals surface area contributed by atoms with Gasteiger partial charge in [-0.2, -0.15) is 0 Å². The van der Waals surface area contributed by atoms with Crippen molar-refractivity contribution >= 4 is 28.5 Å². The Morgan fingerprint density at radius 1 is 1.05 bits per heavy atom. The molecule has 2 aromatic carbocycles. The Hall–Kier alpha value is -2.27. The molecule has 20 heavy (non-hydrogen) atoms. The van der Waals surface area contributed by atoms with Crippen molar-refractivity contribution < 1.29 is 9.90 Å². The predicted molar refractivity (Wildman–Crippen MR) is 80.1 cm³/mol. The summed E-state index contributed by atoms with van der Waals surface area (Å²) in [7, 11) is 0. The van der Waals surface area contributed by atoms with Gasteiger partial charge in [0.1, 0.15) is 11.0 Å². The van der Waals surface area contributed by atoms with E-state index in [1.54, 1.807) is 24.3 Å². The average molecular weight is 284 g/mol. The molecule has 100 valence electrons. The van der Waals surface area contributed by atoms with Crippen molar-refractivity contribution in [1.82, 2.24) is 5.32 Å². The van der Waals surface area contributed by atoms with Gasteiger partial charge < -0.3 is 10.4 Å². The topological polar surface area (TPSA) is 61.7 Å². The largest absolute Gasteiger partial charge is 0.508 e. The van der Waals surface area contributed by atoms with E-state index < -0.39 is 5.25 Å². The molecule has 0 radical (unpaired) electrons. The Bertz CT molecular complexity index is 671. The molecule has 1 amide bonds. The van der Waals surface area contributed by atoms with Gasteiger partial charge in [0, 0.05) is 5.56 Å². The number of carbonyl (C=O) groups is 1. The van der Waals surface area contributed by atoms with Gasteiger partial charge >= 0.3 is 0 Å². The first kappa shape index (κ1) is 12.7. The van der Waals surface area contributed by atoms with Gasteiger partial charge in [-0.15, -0.1) is 0 Å². The molecular weight excluding hydrogens is 272 g/mol. The van der Waals surface area contributed by atoms with Crippen molar-refractivity contribution in [2.75, 3.05) is 0 Å². The number of phenols is 1. The van der Waals surface area contributed by atoms with Gasteiger partial charge in [0.15, 0.2) is 5.17 Å². The van der Waals surface area contributed by atoms with Gasteiger partial charge in [-0.05, 0) is 18.2 Å². The van der Waals surface area contributed by atoms with Gasteiger partial charge in [0.2, 0.25) is 5.91 Å². The molecule has 3 rings (SSSR count). The Morgan fingerprint density at radius 2 is 1.75 bits per heavy atom. The van der Waals surface area contributed by atoms with E-state index in [9.17, 15) is 9.90 Å². The highest BCUT2D eigenvalue weighted by atomic mass is 32.2. The van der Waals surface area contributed by atoms with E-state index in [4.69, 9.17) is 0 Å². The molecule has 1 unspecified atom stereocenters. The number of thioether (sulfide) groups is 1. The normalized spacial score (nSPS) is 20.1. The minimum Gasteiger partial charge on any atom is -0.508 e. The molecule has 4 nitrogen and oxygen atoms in total. The molecule has 0 bridgehead atoms. The van der Waals surface area contributed by atoms with Crippen LogP contribution < -0.4 is 5.32 Å². The lowest BCUT2D eigenvalue weighted by Crippen LogP contribution is -2.21. The Labute approximate surface area is 120 Å². The molecule has 2 aromatic rings. The van der Waals surface area contributed by atoms with Crippen molar-refractivity contribution in [3.63, 3.8) is 0 Å². The first-order valence-electron chi connectivity index (χ1n) is 6.13. The number of amidine groups is 1. The van der Waals surface area contributed by atoms with E-state index in [0.717, 1.165) is 5.69 Å². The van der Waals surface area contributed by atoms with Crippen LogP contribution in [-0.2, 0) is 4.79 Å².